The van der Waals surface area contributed by atoms with E-state index in [4.69, 9.17) is 8.83 Å². The fraction of sp³-hybridized carbons (Fsp3) is 0.400. The van der Waals surface area contributed by atoms with E-state index in [0.717, 1.165) is 11.3 Å². The zero-order valence-corrected chi connectivity index (χ0v) is 12.1. The second-order valence-corrected chi connectivity index (χ2v) is 5.00. The van der Waals surface area contributed by atoms with Crippen LogP contribution in [0.2, 0.25) is 0 Å². The number of nitrogens with one attached hydrogen (secondary N) is 2. The van der Waals surface area contributed by atoms with Crippen LogP contribution in [0.5, 0.6) is 0 Å². The van der Waals surface area contributed by atoms with E-state index in [2.05, 4.69) is 10.6 Å². The molecule has 0 radical (unpaired) electrons. The fourth-order valence-electron chi connectivity index (χ4n) is 2.04. The topological polar surface area (TPSA) is 87.6 Å². The van der Waals surface area contributed by atoms with Crippen LogP contribution in [-0.2, 0) is 6.54 Å². The lowest BCUT2D eigenvalue weighted by molar-refractivity contribution is 0.129. The molecule has 6 nitrogen and oxygen atoms in total. The van der Waals surface area contributed by atoms with Crippen LogP contribution in [0, 0.1) is 6.92 Å². The third-order valence-electron chi connectivity index (χ3n) is 3.23. The van der Waals surface area contributed by atoms with Crippen LogP contribution < -0.4 is 10.6 Å². The van der Waals surface area contributed by atoms with E-state index in [-0.39, 0.29) is 12.1 Å². The summed E-state index contributed by atoms with van der Waals surface area (Å²) in [4.78, 5) is 11.8. The Balaban J connectivity index is 1.73. The number of aryl methyl sites for hydroxylation is 1. The third kappa shape index (κ3) is 4.39. The van der Waals surface area contributed by atoms with Crippen LogP contribution in [0.15, 0.2) is 39.6 Å². The Kier molecular flexibility index (Phi) is 5.05. The van der Waals surface area contributed by atoms with Crippen molar-refractivity contribution in [3.63, 3.8) is 0 Å². The number of carbonyl (C=O) groups excluding carboxylic acids is 1. The molecule has 0 saturated carbocycles. The third-order valence-corrected chi connectivity index (χ3v) is 3.23. The van der Waals surface area contributed by atoms with Gasteiger partial charge in [-0.1, -0.05) is 0 Å². The monoisotopic (exact) mass is 292 g/mol. The van der Waals surface area contributed by atoms with Gasteiger partial charge in [-0.3, -0.25) is 0 Å². The first-order valence-electron chi connectivity index (χ1n) is 6.85. The first-order chi connectivity index (χ1) is 10.1. The summed E-state index contributed by atoms with van der Waals surface area (Å²) < 4.78 is 10.3. The predicted octanol–water partition coefficient (Wildman–Crippen LogP) is 2.49. The van der Waals surface area contributed by atoms with Crippen molar-refractivity contribution in [2.45, 2.75) is 39.0 Å². The molecule has 3 N–H and O–H groups in total. The Labute approximate surface area is 123 Å². The van der Waals surface area contributed by atoms with Crippen LogP contribution >= 0.6 is 0 Å². The zero-order valence-electron chi connectivity index (χ0n) is 12.1. The highest BCUT2D eigenvalue weighted by Gasteiger charge is 2.16. The van der Waals surface area contributed by atoms with Gasteiger partial charge in [-0.05, 0) is 32.0 Å². The minimum absolute atomic E-state index is 0.185. The number of rotatable bonds is 6. The number of hydrogen-bond donors (Lipinski definition) is 3. The second kappa shape index (κ2) is 6.99. The van der Waals surface area contributed by atoms with Crippen molar-refractivity contribution < 1.29 is 18.7 Å². The lowest BCUT2D eigenvalue weighted by Crippen LogP contribution is -2.41. The van der Waals surface area contributed by atoms with E-state index in [1.165, 1.54) is 6.26 Å². The first kappa shape index (κ1) is 15.2. The zero-order chi connectivity index (χ0) is 15.2. The lowest BCUT2D eigenvalue weighted by atomic mass is 10.1. The van der Waals surface area contributed by atoms with Crippen molar-refractivity contribution in [1.29, 1.82) is 0 Å². The summed E-state index contributed by atoms with van der Waals surface area (Å²) in [5.41, 5.74) is 0.938. The predicted molar refractivity (Wildman–Crippen MR) is 76.6 cm³/mol. The minimum atomic E-state index is -0.730. The minimum Gasteiger partial charge on any atom is -0.469 e. The molecule has 2 heterocycles. The maximum atomic E-state index is 11.8. The molecule has 2 amide bonds. The quantitative estimate of drug-likeness (QED) is 0.763. The van der Waals surface area contributed by atoms with Gasteiger partial charge in [-0.25, -0.2) is 4.79 Å². The number of carbonyl (C=O) groups is 1. The average Bonchev–Trinajstić information content (AvgIpc) is 3.07. The van der Waals surface area contributed by atoms with Gasteiger partial charge >= 0.3 is 6.03 Å². The molecule has 114 valence electrons. The number of aliphatic hydroxyl groups is 1. The van der Waals surface area contributed by atoms with Gasteiger partial charge in [0.2, 0.25) is 0 Å². The van der Waals surface area contributed by atoms with Crippen LogP contribution in [0.4, 0.5) is 4.79 Å². The maximum Gasteiger partial charge on any atom is 0.315 e. The lowest BCUT2D eigenvalue weighted by Gasteiger charge is -2.17. The summed E-state index contributed by atoms with van der Waals surface area (Å²) in [6, 6.07) is 4.78. The SMILES string of the molecule is Cc1occc1CNC(=O)N[C@@H](C)C[C@H](O)c1ccco1. The largest absolute Gasteiger partial charge is 0.469 e. The summed E-state index contributed by atoms with van der Waals surface area (Å²) in [6.07, 6.45) is 2.75. The normalized spacial score (nSPS) is 13.7. The molecule has 2 atom stereocenters. The van der Waals surface area contributed by atoms with Gasteiger partial charge in [0, 0.05) is 24.6 Å². The van der Waals surface area contributed by atoms with Crippen LogP contribution in [0.1, 0.15) is 36.5 Å². The Morgan fingerprint density at radius 2 is 2.14 bits per heavy atom. The van der Waals surface area contributed by atoms with Crippen LogP contribution in [-0.4, -0.2) is 17.2 Å². The van der Waals surface area contributed by atoms with Gasteiger partial charge in [0.1, 0.15) is 17.6 Å². The highest BCUT2D eigenvalue weighted by atomic mass is 16.4. The smallest absolute Gasteiger partial charge is 0.315 e. The molecule has 0 aliphatic rings. The molecule has 0 aliphatic carbocycles. The Morgan fingerprint density at radius 1 is 1.33 bits per heavy atom. The van der Waals surface area contributed by atoms with Crippen molar-refractivity contribution in [2.24, 2.45) is 0 Å². The van der Waals surface area contributed by atoms with Crippen LogP contribution in [0.3, 0.4) is 0 Å². The second-order valence-electron chi connectivity index (χ2n) is 5.00. The Bertz CT molecular complexity index is 562. The molecule has 0 aliphatic heterocycles. The van der Waals surface area contributed by atoms with Gasteiger partial charge in [0.05, 0.1) is 12.5 Å². The summed E-state index contributed by atoms with van der Waals surface area (Å²) in [7, 11) is 0. The summed E-state index contributed by atoms with van der Waals surface area (Å²) in [5.74, 6) is 1.29. The molecule has 6 heteroatoms. The van der Waals surface area contributed by atoms with Gasteiger partial charge in [-0.15, -0.1) is 0 Å². The van der Waals surface area contributed by atoms with Crippen molar-refractivity contribution in [2.75, 3.05) is 0 Å². The van der Waals surface area contributed by atoms with E-state index in [9.17, 15) is 9.90 Å². The van der Waals surface area contributed by atoms with Gasteiger partial charge in [-0.2, -0.15) is 0 Å². The Morgan fingerprint density at radius 3 is 2.76 bits per heavy atom. The molecule has 0 aromatic carbocycles. The summed E-state index contributed by atoms with van der Waals surface area (Å²) in [6.45, 7) is 4.08. The molecule has 0 bridgehead atoms. The molecular weight excluding hydrogens is 272 g/mol. The van der Waals surface area contributed by atoms with E-state index in [1.54, 1.807) is 18.4 Å². The standard InChI is InChI=1S/C15H20N2O4/c1-10(8-13(18)14-4-3-6-21-14)17-15(19)16-9-12-5-7-20-11(12)2/h3-7,10,13,18H,8-9H2,1-2H3,(H2,16,17,19)/t10-,13-/m0/s1. The molecule has 0 unspecified atom stereocenters. The van der Waals surface area contributed by atoms with Gasteiger partial charge in [0.25, 0.3) is 0 Å². The summed E-state index contributed by atoms with van der Waals surface area (Å²) in [5, 5.41) is 15.5. The molecule has 2 aromatic heterocycles. The number of amides is 2. The maximum absolute atomic E-state index is 11.8. The van der Waals surface area contributed by atoms with E-state index < -0.39 is 6.10 Å². The number of aliphatic hydroxyl groups excluding tert-OH is 1. The summed E-state index contributed by atoms with van der Waals surface area (Å²) >= 11 is 0. The molecule has 2 rings (SSSR count). The van der Waals surface area contributed by atoms with Crippen molar-refractivity contribution >= 4 is 6.03 Å². The van der Waals surface area contributed by atoms with Crippen molar-refractivity contribution in [3.8, 4) is 0 Å². The number of hydrogen-bond acceptors (Lipinski definition) is 4. The van der Waals surface area contributed by atoms with Gasteiger partial charge < -0.3 is 24.6 Å². The number of furan rings is 2. The first-order valence-corrected chi connectivity index (χ1v) is 6.85. The number of urea groups is 1. The van der Waals surface area contributed by atoms with E-state index >= 15 is 0 Å². The average molecular weight is 292 g/mol. The van der Waals surface area contributed by atoms with E-state index in [0.29, 0.717) is 18.7 Å². The molecule has 21 heavy (non-hydrogen) atoms. The van der Waals surface area contributed by atoms with Crippen LogP contribution in [0.25, 0.3) is 0 Å². The molecule has 0 fully saturated rings. The van der Waals surface area contributed by atoms with E-state index in [1.807, 2.05) is 19.9 Å². The van der Waals surface area contributed by atoms with Gasteiger partial charge in [0.15, 0.2) is 0 Å². The van der Waals surface area contributed by atoms with Crippen molar-refractivity contribution in [1.82, 2.24) is 10.6 Å². The Hall–Kier alpha value is -2.21. The highest BCUT2D eigenvalue weighted by Crippen LogP contribution is 2.18. The molecule has 2 aromatic rings. The molecule has 0 saturated heterocycles. The molecule has 0 spiro atoms. The van der Waals surface area contributed by atoms with Crippen molar-refractivity contribution in [3.05, 3.63) is 47.8 Å². The molecular formula is C15H20N2O4. The fourth-order valence-corrected chi connectivity index (χ4v) is 2.04. The highest BCUT2D eigenvalue weighted by molar-refractivity contribution is 5.74.